The normalized spacial score (nSPS) is 11.4. The predicted molar refractivity (Wildman–Crippen MR) is 126 cm³/mol. The van der Waals surface area contributed by atoms with Crippen molar-refractivity contribution in [1.29, 1.82) is 0 Å². The van der Waals surface area contributed by atoms with Crippen molar-refractivity contribution in [3.05, 3.63) is 76.6 Å². The largest absolute Gasteiger partial charge is 0.512 e. The van der Waals surface area contributed by atoms with E-state index < -0.39 is 0 Å². The molecule has 1 aromatic heterocycles. The molecule has 2 aromatic carbocycles. The molecule has 3 nitrogen and oxygen atoms in total. The Bertz CT molecular complexity index is 1080. The van der Waals surface area contributed by atoms with E-state index in [1.165, 1.54) is 42.0 Å². The van der Waals surface area contributed by atoms with E-state index in [1.54, 1.807) is 0 Å². The molecule has 4 heteroatoms. The number of hydrogen-bond donors (Lipinski definition) is 1. The second-order valence-electron chi connectivity index (χ2n) is 8.96. The molecule has 3 aromatic rings. The molecular formula is C27H32IrNO2-. The van der Waals surface area contributed by atoms with Gasteiger partial charge in [-0.2, -0.15) is 0 Å². The van der Waals surface area contributed by atoms with Crippen LogP contribution >= 0.6 is 0 Å². The van der Waals surface area contributed by atoms with Crippen LogP contribution in [-0.4, -0.2) is 15.9 Å². The first-order valence-electron chi connectivity index (χ1n) is 10.2. The Kier molecular flexibility index (Phi) is 9.35. The number of carbonyl (C=O) groups excluding carboxylic acids is 1. The minimum atomic E-state index is -0.125. The summed E-state index contributed by atoms with van der Waals surface area (Å²) in [5, 5.41) is 9.57. The molecule has 0 aliphatic heterocycles. The van der Waals surface area contributed by atoms with Crippen LogP contribution in [0.2, 0.25) is 0 Å². The van der Waals surface area contributed by atoms with Crippen LogP contribution in [0.5, 0.6) is 0 Å². The number of aliphatic hydroxyl groups excluding tert-OH is 1. The van der Waals surface area contributed by atoms with Gasteiger partial charge in [0.1, 0.15) is 0 Å². The molecule has 31 heavy (non-hydrogen) atoms. The van der Waals surface area contributed by atoms with Crippen molar-refractivity contribution in [1.82, 2.24) is 4.98 Å². The molecule has 1 N–H and O–H groups in total. The van der Waals surface area contributed by atoms with Crippen LogP contribution in [0.25, 0.3) is 22.2 Å². The smallest absolute Gasteiger partial charge is 0.155 e. The van der Waals surface area contributed by atoms with E-state index in [9.17, 15) is 4.79 Å². The van der Waals surface area contributed by atoms with Crippen LogP contribution in [0.15, 0.2) is 48.2 Å². The van der Waals surface area contributed by atoms with Crippen LogP contribution < -0.4 is 0 Å². The summed E-state index contributed by atoms with van der Waals surface area (Å²) < 4.78 is 0. The maximum atomic E-state index is 10.0. The Morgan fingerprint density at radius 3 is 2.16 bits per heavy atom. The number of benzene rings is 2. The fourth-order valence-electron chi connectivity index (χ4n) is 3.34. The molecule has 0 spiro atoms. The second kappa shape index (κ2) is 10.8. The summed E-state index contributed by atoms with van der Waals surface area (Å²) in [6, 6.07) is 16.6. The Morgan fingerprint density at radius 1 is 1.03 bits per heavy atom. The van der Waals surface area contributed by atoms with Gasteiger partial charge < -0.3 is 5.11 Å². The van der Waals surface area contributed by atoms with Gasteiger partial charge in [0.15, 0.2) is 5.78 Å². The molecule has 0 fully saturated rings. The van der Waals surface area contributed by atoms with Crippen molar-refractivity contribution in [2.75, 3.05) is 0 Å². The molecular weight excluding hydrogens is 563 g/mol. The monoisotopic (exact) mass is 595 g/mol. The van der Waals surface area contributed by atoms with Crippen molar-refractivity contribution in [2.45, 2.75) is 60.8 Å². The summed E-state index contributed by atoms with van der Waals surface area (Å²) in [5.74, 6) is -0.0625. The first-order valence-corrected chi connectivity index (χ1v) is 10.2. The van der Waals surface area contributed by atoms with Crippen LogP contribution in [0.3, 0.4) is 0 Å². The van der Waals surface area contributed by atoms with Gasteiger partial charge in [-0.25, -0.2) is 0 Å². The summed E-state index contributed by atoms with van der Waals surface area (Å²) in [7, 11) is 0. The molecule has 0 saturated carbocycles. The number of fused-ring (bicyclic) bond motifs is 1. The quantitative estimate of drug-likeness (QED) is 0.198. The number of aromatic nitrogens is 1. The van der Waals surface area contributed by atoms with Crippen molar-refractivity contribution in [3.8, 4) is 11.3 Å². The maximum absolute atomic E-state index is 10.0. The average molecular weight is 595 g/mol. The standard InChI is InChI=1S/C22H24N.C5H8O2.Ir/c1-14-9-15(2)11-18(10-14)21-16(3)12-17-13-19(22(4,5)6)7-8-20(17)23-21;1-4(6)3-5(2)7;/h7-10,12-13H,1-6H3;3,6H,1-2H3;/q-1;;/b;4-3-;. The fraction of sp³-hybridized carbons (Fsp3) is 0.333. The minimum absolute atomic E-state index is 0. The van der Waals surface area contributed by atoms with Crippen LogP contribution in [0, 0.1) is 26.8 Å². The van der Waals surface area contributed by atoms with Crippen LogP contribution in [-0.2, 0) is 30.3 Å². The molecule has 1 heterocycles. The molecule has 1 radical (unpaired) electrons. The molecule has 3 rings (SSSR count). The Hall–Kier alpha value is -2.29. The number of ketones is 1. The van der Waals surface area contributed by atoms with Crippen LogP contribution in [0.1, 0.15) is 56.9 Å². The number of aliphatic hydroxyl groups is 1. The number of carbonyl (C=O) groups is 1. The zero-order valence-corrected chi connectivity index (χ0v) is 22.1. The molecule has 167 valence electrons. The van der Waals surface area contributed by atoms with Gasteiger partial charge in [0.05, 0.1) is 11.3 Å². The Labute approximate surface area is 200 Å². The molecule has 0 aliphatic rings. The molecule has 0 saturated heterocycles. The number of hydrogen-bond acceptors (Lipinski definition) is 3. The second-order valence-corrected chi connectivity index (χ2v) is 8.96. The summed E-state index contributed by atoms with van der Waals surface area (Å²) in [5.41, 5.74) is 8.27. The van der Waals surface area contributed by atoms with E-state index in [2.05, 4.69) is 84.0 Å². The van der Waals surface area contributed by atoms with Gasteiger partial charge in [0, 0.05) is 26.2 Å². The number of nitrogens with zero attached hydrogens (tertiary/aromatic N) is 1. The van der Waals surface area contributed by atoms with E-state index in [-0.39, 0.29) is 37.1 Å². The molecule has 0 amide bonds. The zero-order valence-electron chi connectivity index (χ0n) is 19.7. The van der Waals surface area contributed by atoms with Gasteiger partial charge in [-0.15, -0.1) is 34.9 Å². The number of pyridine rings is 1. The molecule has 0 unspecified atom stereocenters. The third-order valence-electron chi connectivity index (χ3n) is 4.69. The third-order valence-corrected chi connectivity index (χ3v) is 4.69. The SMILES string of the molecule is CC(=O)/C=C(/C)O.Cc1[c-]c(-c2nc3ccc(C(C)(C)C)cc3cc2C)cc(C)c1.[Ir]. The zero-order chi connectivity index (χ0) is 22.6. The Morgan fingerprint density at radius 2 is 1.68 bits per heavy atom. The van der Waals surface area contributed by atoms with Gasteiger partial charge in [-0.05, 0) is 55.0 Å². The van der Waals surface area contributed by atoms with E-state index in [0.29, 0.717) is 0 Å². The molecule has 0 atom stereocenters. The van der Waals surface area contributed by atoms with Crippen molar-refractivity contribution < 1.29 is 30.0 Å². The van der Waals surface area contributed by atoms with Gasteiger partial charge in [-0.3, -0.25) is 9.78 Å². The summed E-state index contributed by atoms with van der Waals surface area (Å²) in [4.78, 5) is 14.9. The fourth-order valence-corrected chi connectivity index (χ4v) is 3.34. The molecule has 0 aliphatic carbocycles. The van der Waals surface area contributed by atoms with Gasteiger partial charge in [0.2, 0.25) is 0 Å². The first kappa shape index (κ1) is 26.7. The predicted octanol–water partition coefficient (Wildman–Crippen LogP) is 6.96. The molecule has 0 bridgehead atoms. The summed E-state index contributed by atoms with van der Waals surface area (Å²) in [6.07, 6.45) is 1.17. The summed E-state index contributed by atoms with van der Waals surface area (Å²) >= 11 is 0. The summed E-state index contributed by atoms with van der Waals surface area (Å²) in [6.45, 7) is 15.9. The number of rotatable bonds is 2. The van der Waals surface area contributed by atoms with E-state index in [1.807, 2.05) is 0 Å². The van der Waals surface area contributed by atoms with Gasteiger partial charge in [0.25, 0.3) is 0 Å². The van der Waals surface area contributed by atoms with Crippen molar-refractivity contribution in [3.63, 3.8) is 0 Å². The van der Waals surface area contributed by atoms with E-state index in [0.717, 1.165) is 22.3 Å². The van der Waals surface area contributed by atoms with Gasteiger partial charge in [-0.1, -0.05) is 52.3 Å². The third kappa shape index (κ3) is 7.72. The number of allylic oxidation sites excluding steroid dienone is 2. The minimum Gasteiger partial charge on any atom is -0.512 e. The van der Waals surface area contributed by atoms with Crippen molar-refractivity contribution >= 4 is 16.7 Å². The first-order chi connectivity index (χ1) is 13.9. The topological polar surface area (TPSA) is 50.2 Å². The van der Waals surface area contributed by atoms with Crippen molar-refractivity contribution in [2.24, 2.45) is 0 Å². The van der Waals surface area contributed by atoms with E-state index >= 15 is 0 Å². The number of aryl methyl sites for hydroxylation is 3. The van der Waals surface area contributed by atoms with Crippen LogP contribution in [0.4, 0.5) is 0 Å². The van der Waals surface area contributed by atoms with E-state index in [4.69, 9.17) is 10.1 Å². The van der Waals surface area contributed by atoms with Gasteiger partial charge >= 0.3 is 0 Å². The average Bonchev–Trinajstić information content (AvgIpc) is 2.58. The maximum Gasteiger partial charge on any atom is 0.155 e. The Balaban J connectivity index is 0.000000523.